The Morgan fingerprint density at radius 1 is 1.00 bits per heavy atom. The van der Waals surface area contributed by atoms with Crippen LogP contribution in [0.5, 0.6) is 5.75 Å². The maximum atomic E-state index is 12.6. The van der Waals surface area contributed by atoms with Crippen molar-refractivity contribution in [2.75, 3.05) is 51.3 Å². The van der Waals surface area contributed by atoms with Crippen molar-refractivity contribution >= 4 is 22.5 Å². The van der Waals surface area contributed by atoms with Gasteiger partial charge < -0.3 is 24.4 Å². The summed E-state index contributed by atoms with van der Waals surface area (Å²) < 4.78 is 7.42. The Morgan fingerprint density at radius 2 is 1.81 bits per heavy atom. The van der Waals surface area contributed by atoms with E-state index in [0.717, 1.165) is 73.1 Å². The molecule has 2 aliphatic heterocycles. The van der Waals surface area contributed by atoms with Crippen LogP contribution >= 0.6 is 0 Å². The van der Waals surface area contributed by atoms with Gasteiger partial charge in [-0.15, -0.1) is 0 Å². The molecule has 7 nitrogen and oxygen atoms in total. The van der Waals surface area contributed by atoms with Crippen LogP contribution in [0.1, 0.15) is 5.56 Å². The zero-order valence-corrected chi connectivity index (χ0v) is 17.8. The van der Waals surface area contributed by atoms with E-state index in [1.54, 1.807) is 13.2 Å². The number of hydrogen-bond donors (Lipinski definition) is 1. The van der Waals surface area contributed by atoms with E-state index in [9.17, 15) is 4.79 Å². The van der Waals surface area contributed by atoms with Gasteiger partial charge in [-0.2, -0.15) is 0 Å². The number of guanidine groups is 1. The molecule has 0 atom stereocenters. The van der Waals surface area contributed by atoms with E-state index >= 15 is 0 Å². The second kappa shape index (κ2) is 8.34. The lowest BCUT2D eigenvalue weighted by Gasteiger charge is -2.37. The Bertz CT molecular complexity index is 1180. The fourth-order valence-corrected chi connectivity index (χ4v) is 4.40. The van der Waals surface area contributed by atoms with Gasteiger partial charge in [-0.05, 0) is 35.2 Å². The molecule has 0 spiro atoms. The summed E-state index contributed by atoms with van der Waals surface area (Å²) in [5, 5.41) is 4.42. The fourth-order valence-electron chi connectivity index (χ4n) is 4.40. The zero-order valence-electron chi connectivity index (χ0n) is 17.8. The molecule has 0 amide bonds. The molecule has 160 valence electrons. The minimum Gasteiger partial charge on any atom is -0.497 e. The number of nitrogens with one attached hydrogen (secondary N) is 1. The van der Waals surface area contributed by atoms with Gasteiger partial charge in [0.15, 0.2) is 5.96 Å². The summed E-state index contributed by atoms with van der Waals surface area (Å²) in [5.41, 5.74) is 3.13. The summed E-state index contributed by atoms with van der Waals surface area (Å²) >= 11 is 0. The van der Waals surface area contributed by atoms with Gasteiger partial charge in [0.1, 0.15) is 5.75 Å². The molecule has 1 fully saturated rings. The van der Waals surface area contributed by atoms with E-state index in [-0.39, 0.29) is 5.56 Å². The minimum absolute atomic E-state index is 0.00141. The number of hydrogen-bond acceptors (Lipinski definition) is 6. The highest BCUT2D eigenvalue weighted by Crippen LogP contribution is 2.26. The summed E-state index contributed by atoms with van der Waals surface area (Å²) in [6, 6.07) is 17.8. The number of benzene rings is 2. The van der Waals surface area contributed by atoms with E-state index in [1.165, 1.54) is 0 Å². The van der Waals surface area contributed by atoms with Crippen molar-refractivity contribution < 1.29 is 4.74 Å². The summed E-state index contributed by atoms with van der Waals surface area (Å²) in [6.07, 6.45) is 0. The molecule has 3 aromatic rings. The normalized spacial score (nSPS) is 16.4. The van der Waals surface area contributed by atoms with Crippen LogP contribution in [0.3, 0.4) is 0 Å². The lowest BCUT2D eigenvalue weighted by atomic mass is 10.1. The van der Waals surface area contributed by atoms with Crippen molar-refractivity contribution in [3.8, 4) is 5.75 Å². The van der Waals surface area contributed by atoms with Crippen molar-refractivity contribution in [1.82, 2.24) is 14.8 Å². The predicted molar refractivity (Wildman–Crippen MR) is 124 cm³/mol. The van der Waals surface area contributed by atoms with Gasteiger partial charge in [0, 0.05) is 50.5 Å². The molecule has 0 aliphatic carbocycles. The number of rotatable bonds is 4. The highest BCUT2D eigenvalue weighted by Gasteiger charge is 2.22. The average molecular weight is 418 g/mol. The van der Waals surface area contributed by atoms with Crippen molar-refractivity contribution in [2.45, 2.75) is 6.54 Å². The topological polar surface area (TPSA) is 62.1 Å². The number of pyridine rings is 1. The lowest BCUT2D eigenvalue weighted by molar-refractivity contribution is 0.376. The first-order chi connectivity index (χ1) is 15.2. The van der Waals surface area contributed by atoms with Gasteiger partial charge in [-0.1, -0.05) is 18.2 Å². The third kappa shape index (κ3) is 3.95. The second-order valence-electron chi connectivity index (χ2n) is 7.96. The first-order valence-electron chi connectivity index (χ1n) is 10.8. The molecule has 0 bridgehead atoms. The van der Waals surface area contributed by atoms with Gasteiger partial charge in [0.25, 0.3) is 5.56 Å². The zero-order chi connectivity index (χ0) is 21.2. The van der Waals surface area contributed by atoms with Crippen LogP contribution in [0.15, 0.2) is 64.4 Å². The molecule has 0 radical (unpaired) electrons. The second-order valence-corrected chi connectivity index (χ2v) is 7.96. The maximum Gasteiger partial charge on any atom is 0.251 e. The molecule has 1 aromatic heterocycles. The molecule has 2 aromatic carbocycles. The smallest absolute Gasteiger partial charge is 0.251 e. The SMILES string of the molecule is COc1cc(Cn2c(=O)ccc3ccccc32)cc(N2CCN(C3=NCCN3)CC2)c1. The molecule has 0 saturated carbocycles. The van der Waals surface area contributed by atoms with E-state index in [1.807, 2.05) is 41.0 Å². The van der Waals surface area contributed by atoms with Gasteiger partial charge in [-0.3, -0.25) is 9.79 Å². The number of methoxy groups -OCH3 is 1. The number of aliphatic imine (C=N–C) groups is 1. The number of ether oxygens (including phenoxy) is 1. The number of piperazine rings is 1. The van der Waals surface area contributed by atoms with Crippen molar-refractivity contribution in [3.05, 3.63) is 70.5 Å². The van der Waals surface area contributed by atoms with Crippen LogP contribution in [0.25, 0.3) is 10.9 Å². The number of anilines is 1. The number of fused-ring (bicyclic) bond motifs is 1. The molecule has 1 saturated heterocycles. The fraction of sp³-hybridized carbons (Fsp3) is 0.333. The quantitative estimate of drug-likeness (QED) is 0.705. The van der Waals surface area contributed by atoms with Crippen molar-refractivity contribution in [1.29, 1.82) is 0 Å². The Hall–Kier alpha value is -3.48. The molecule has 7 heteroatoms. The van der Waals surface area contributed by atoms with Gasteiger partial charge in [0.2, 0.25) is 0 Å². The van der Waals surface area contributed by atoms with Crippen molar-refractivity contribution in [2.24, 2.45) is 4.99 Å². The molecule has 31 heavy (non-hydrogen) atoms. The Labute approximate surface area is 181 Å². The summed E-state index contributed by atoms with van der Waals surface area (Å²) in [4.78, 5) is 21.9. The molecule has 0 unspecified atom stereocenters. The molecular weight excluding hydrogens is 390 g/mol. The first kappa shape index (κ1) is 19.5. The molecule has 5 rings (SSSR count). The lowest BCUT2D eigenvalue weighted by Crippen LogP contribution is -2.51. The van der Waals surface area contributed by atoms with Crippen LogP contribution in [0, 0.1) is 0 Å². The molecule has 3 heterocycles. The standard InChI is InChI=1S/C24H27N5O2/c1-31-21-15-18(17-29-22-5-3-2-4-19(22)6-7-23(29)30)14-20(16-21)27-10-12-28(13-11-27)24-25-8-9-26-24/h2-7,14-16H,8-13,17H2,1H3,(H,25,26). The van der Waals surface area contributed by atoms with E-state index in [4.69, 9.17) is 4.74 Å². The van der Waals surface area contributed by atoms with Crippen LogP contribution in [0.4, 0.5) is 5.69 Å². The van der Waals surface area contributed by atoms with Crippen LogP contribution in [-0.4, -0.2) is 61.8 Å². The molecular formula is C24H27N5O2. The summed E-state index contributed by atoms with van der Waals surface area (Å²) in [7, 11) is 1.69. The highest BCUT2D eigenvalue weighted by atomic mass is 16.5. The van der Waals surface area contributed by atoms with E-state index in [2.05, 4.69) is 32.2 Å². The third-order valence-corrected chi connectivity index (χ3v) is 6.03. The molecule has 1 N–H and O–H groups in total. The van der Waals surface area contributed by atoms with Crippen molar-refractivity contribution in [3.63, 3.8) is 0 Å². The Balaban J connectivity index is 1.41. The first-order valence-corrected chi connectivity index (χ1v) is 10.8. The Kier molecular flexibility index (Phi) is 5.24. The number of nitrogens with zero attached hydrogens (tertiary/aromatic N) is 4. The highest BCUT2D eigenvalue weighted by molar-refractivity contribution is 5.81. The number of aromatic nitrogens is 1. The summed E-state index contributed by atoms with van der Waals surface area (Å²) in [5.74, 6) is 1.84. The number of para-hydroxylation sites is 1. The third-order valence-electron chi connectivity index (χ3n) is 6.03. The van der Waals surface area contributed by atoms with Crippen LogP contribution in [0.2, 0.25) is 0 Å². The monoisotopic (exact) mass is 417 g/mol. The predicted octanol–water partition coefficient (Wildman–Crippen LogP) is 2.14. The van der Waals surface area contributed by atoms with E-state index < -0.39 is 0 Å². The van der Waals surface area contributed by atoms with Gasteiger partial charge >= 0.3 is 0 Å². The Morgan fingerprint density at radius 3 is 2.58 bits per heavy atom. The molecule has 2 aliphatic rings. The average Bonchev–Trinajstić information content (AvgIpc) is 3.36. The maximum absolute atomic E-state index is 12.6. The van der Waals surface area contributed by atoms with E-state index in [0.29, 0.717) is 6.54 Å². The van der Waals surface area contributed by atoms with Gasteiger partial charge in [0.05, 0.1) is 25.7 Å². The van der Waals surface area contributed by atoms with Crippen LogP contribution < -0.4 is 20.5 Å². The van der Waals surface area contributed by atoms with Gasteiger partial charge in [-0.25, -0.2) is 0 Å². The van der Waals surface area contributed by atoms with Crippen LogP contribution in [-0.2, 0) is 6.54 Å². The summed E-state index contributed by atoms with van der Waals surface area (Å²) in [6.45, 7) is 6.00. The largest absolute Gasteiger partial charge is 0.497 e. The minimum atomic E-state index is 0.00141.